The van der Waals surface area contributed by atoms with E-state index in [0.717, 1.165) is 57.8 Å². The minimum absolute atomic E-state index is 0.126. The van der Waals surface area contributed by atoms with Crippen LogP contribution in [0.4, 0.5) is 26.3 Å². The summed E-state index contributed by atoms with van der Waals surface area (Å²) < 4.78 is 102. The number of hydrogen-bond acceptors (Lipinski definition) is 4. The number of alkyl halides is 6. The summed E-state index contributed by atoms with van der Waals surface area (Å²) in [5.41, 5.74) is 2.03. The van der Waals surface area contributed by atoms with Crippen LogP contribution in [0.3, 0.4) is 0 Å². The van der Waals surface area contributed by atoms with Gasteiger partial charge >= 0.3 is 12.1 Å². The van der Waals surface area contributed by atoms with Gasteiger partial charge in [0.1, 0.15) is 21.8 Å². The first kappa shape index (κ1) is 34.4. The third kappa shape index (κ3) is 7.85. The standard InChI is InChI=1S/C32H46F6O4S/c1-30-15-13-25-24-12-11-23(39)19-22(24)18-21(28(25)26(30)20-27(33)29(30)40)10-7-5-3-2-4-6-8-16-43(41,42)17-9-14-31(34,35)32(36,37)38/h11-12,19,21,25-29,39-40H,2-10,13-18,20H2,1H3/t21-,25-,26+,27-,28-,29+,30+/m1/s1. The van der Waals surface area contributed by atoms with Crippen molar-refractivity contribution in [2.75, 3.05) is 11.5 Å². The summed E-state index contributed by atoms with van der Waals surface area (Å²) in [6.07, 6.45) is -0.364. The van der Waals surface area contributed by atoms with Crippen LogP contribution in [-0.4, -0.2) is 54.5 Å². The molecule has 7 atom stereocenters. The highest BCUT2D eigenvalue weighted by Crippen LogP contribution is 2.63. The van der Waals surface area contributed by atoms with Gasteiger partial charge < -0.3 is 10.2 Å². The number of aliphatic hydroxyl groups is 1. The van der Waals surface area contributed by atoms with Crippen LogP contribution in [0.5, 0.6) is 5.75 Å². The molecule has 1 aromatic carbocycles. The van der Waals surface area contributed by atoms with Crippen molar-refractivity contribution < 1.29 is 45.0 Å². The number of unbranched alkanes of at least 4 members (excludes halogenated alkanes) is 6. The van der Waals surface area contributed by atoms with Crippen LogP contribution < -0.4 is 0 Å². The van der Waals surface area contributed by atoms with Crippen LogP contribution >= 0.6 is 0 Å². The second-order valence-corrected chi connectivity index (χ2v) is 15.9. The van der Waals surface area contributed by atoms with Gasteiger partial charge in [-0.25, -0.2) is 12.8 Å². The number of sulfone groups is 1. The third-order valence-corrected chi connectivity index (χ3v) is 12.5. The maximum Gasteiger partial charge on any atom is 0.453 e. The second-order valence-electron chi connectivity index (χ2n) is 13.6. The maximum absolute atomic E-state index is 14.8. The Morgan fingerprint density at radius 1 is 0.953 bits per heavy atom. The summed E-state index contributed by atoms with van der Waals surface area (Å²) in [6, 6.07) is 5.63. The fraction of sp³-hybridized carbons (Fsp3) is 0.812. The van der Waals surface area contributed by atoms with E-state index in [4.69, 9.17) is 0 Å². The Labute approximate surface area is 251 Å². The highest BCUT2D eigenvalue weighted by atomic mass is 32.2. The highest BCUT2D eigenvalue weighted by molar-refractivity contribution is 7.91. The van der Waals surface area contributed by atoms with Crippen LogP contribution in [0.15, 0.2) is 18.2 Å². The first-order valence-electron chi connectivity index (χ1n) is 15.8. The SMILES string of the molecule is C[C@]12CC[C@@H]3c4ccc(O)cc4C[C@@H](CCCCCCCCCS(=O)(=O)CCCC(F)(F)C(F)(F)F)[C@H]3[C@@H]1C[C@@H](F)[C@@H]2O. The van der Waals surface area contributed by atoms with E-state index in [-0.39, 0.29) is 17.4 Å². The summed E-state index contributed by atoms with van der Waals surface area (Å²) in [5.74, 6) is -4.41. The topological polar surface area (TPSA) is 74.6 Å². The molecule has 3 aliphatic carbocycles. The number of rotatable bonds is 14. The average molecular weight is 641 g/mol. The third-order valence-electron chi connectivity index (χ3n) is 10.7. The van der Waals surface area contributed by atoms with Gasteiger partial charge in [0.2, 0.25) is 0 Å². The van der Waals surface area contributed by atoms with Crippen molar-refractivity contribution in [2.24, 2.45) is 23.2 Å². The van der Waals surface area contributed by atoms with Gasteiger partial charge in [0.05, 0.1) is 17.6 Å². The Hall–Kier alpha value is -1.49. The first-order chi connectivity index (χ1) is 20.1. The Morgan fingerprint density at radius 3 is 2.26 bits per heavy atom. The van der Waals surface area contributed by atoms with E-state index in [9.17, 15) is 45.0 Å². The molecular weight excluding hydrogens is 594 g/mol. The molecule has 43 heavy (non-hydrogen) atoms. The zero-order valence-corrected chi connectivity index (χ0v) is 25.7. The van der Waals surface area contributed by atoms with Gasteiger partial charge in [-0.2, -0.15) is 22.0 Å². The van der Waals surface area contributed by atoms with Crippen molar-refractivity contribution >= 4 is 9.84 Å². The van der Waals surface area contributed by atoms with E-state index in [1.807, 2.05) is 12.1 Å². The number of hydrogen-bond donors (Lipinski definition) is 2. The monoisotopic (exact) mass is 640 g/mol. The minimum Gasteiger partial charge on any atom is -0.508 e. The Balaban J connectivity index is 1.19. The van der Waals surface area contributed by atoms with Crippen molar-refractivity contribution in [1.82, 2.24) is 0 Å². The van der Waals surface area contributed by atoms with Gasteiger partial charge in [-0.3, -0.25) is 0 Å². The molecule has 4 rings (SSSR count). The summed E-state index contributed by atoms with van der Waals surface area (Å²) in [7, 11) is -3.67. The molecule has 0 aromatic heterocycles. The smallest absolute Gasteiger partial charge is 0.453 e. The molecule has 3 aliphatic rings. The molecule has 0 bridgehead atoms. The second kappa shape index (κ2) is 13.5. The van der Waals surface area contributed by atoms with Gasteiger partial charge in [0.15, 0.2) is 0 Å². The van der Waals surface area contributed by atoms with E-state index in [2.05, 4.69) is 6.92 Å². The fourth-order valence-corrected chi connectivity index (χ4v) is 9.81. The lowest BCUT2D eigenvalue weighted by Crippen LogP contribution is -2.47. The number of aliphatic hydroxyl groups excluding tert-OH is 1. The normalized spacial score (nSPS) is 31.0. The van der Waals surface area contributed by atoms with E-state index in [1.165, 1.54) is 11.1 Å². The van der Waals surface area contributed by atoms with Crippen LogP contribution in [0.2, 0.25) is 0 Å². The molecule has 0 heterocycles. The lowest BCUT2D eigenvalue weighted by Gasteiger charge is -2.53. The molecule has 0 amide bonds. The van der Waals surface area contributed by atoms with Crippen molar-refractivity contribution in [3.63, 3.8) is 0 Å². The highest BCUT2D eigenvalue weighted by Gasteiger charge is 2.60. The number of benzene rings is 1. The van der Waals surface area contributed by atoms with Crippen molar-refractivity contribution in [3.05, 3.63) is 29.3 Å². The molecule has 2 N–H and O–H groups in total. The first-order valence-corrected chi connectivity index (χ1v) is 17.7. The van der Waals surface area contributed by atoms with E-state index >= 15 is 0 Å². The molecular formula is C32H46F6O4S. The van der Waals surface area contributed by atoms with Gasteiger partial charge in [0.25, 0.3) is 0 Å². The van der Waals surface area contributed by atoms with E-state index < -0.39 is 58.2 Å². The predicted octanol–water partition coefficient (Wildman–Crippen LogP) is 8.30. The number of phenols is 1. The molecule has 4 nitrogen and oxygen atoms in total. The maximum atomic E-state index is 14.8. The summed E-state index contributed by atoms with van der Waals surface area (Å²) >= 11 is 0. The van der Waals surface area contributed by atoms with Crippen LogP contribution in [0.25, 0.3) is 0 Å². The zero-order chi connectivity index (χ0) is 31.6. The van der Waals surface area contributed by atoms with Crippen molar-refractivity contribution in [1.29, 1.82) is 0 Å². The molecule has 246 valence electrons. The largest absolute Gasteiger partial charge is 0.508 e. The molecule has 11 heteroatoms. The molecule has 0 unspecified atom stereocenters. The predicted molar refractivity (Wildman–Crippen MR) is 154 cm³/mol. The fourth-order valence-electron chi connectivity index (χ4n) is 8.38. The Morgan fingerprint density at radius 2 is 1.58 bits per heavy atom. The number of aromatic hydroxyl groups is 1. The lowest BCUT2D eigenvalue weighted by atomic mass is 9.52. The Kier molecular flexibility index (Phi) is 10.8. The number of halogens is 6. The minimum atomic E-state index is -5.67. The van der Waals surface area contributed by atoms with Crippen LogP contribution in [-0.2, 0) is 16.3 Å². The van der Waals surface area contributed by atoms with Gasteiger partial charge in [0, 0.05) is 6.42 Å². The summed E-state index contributed by atoms with van der Waals surface area (Å²) in [5, 5.41) is 20.9. The van der Waals surface area contributed by atoms with Crippen LogP contribution in [0.1, 0.15) is 107 Å². The molecule has 2 saturated carbocycles. The molecule has 2 fully saturated rings. The van der Waals surface area contributed by atoms with Gasteiger partial charge in [-0.1, -0.05) is 51.5 Å². The van der Waals surface area contributed by atoms with Gasteiger partial charge in [-0.15, -0.1) is 0 Å². The average Bonchev–Trinajstić information content (AvgIpc) is 3.14. The summed E-state index contributed by atoms with van der Waals surface area (Å²) in [6.45, 7) is 2.05. The quantitative estimate of drug-likeness (QED) is 0.159. The molecule has 0 radical (unpaired) electrons. The molecule has 0 aliphatic heterocycles. The van der Waals surface area contributed by atoms with E-state index in [0.29, 0.717) is 37.0 Å². The van der Waals surface area contributed by atoms with Crippen LogP contribution in [0, 0.1) is 23.2 Å². The molecule has 0 spiro atoms. The van der Waals surface area contributed by atoms with Crippen molar-refractivity contribution in [3.8, 4) is 5.75 Å². The molecule has 0 saturated heterocycles. The van der Waals surface area contributed by atoms with Gasteiger partial charge in [-0.05, 0) is 97.3 Å². The lowest BCUT2D eigenvalue weighted by molar-refractivity contribution is -0.284. The number of fused-ring (bicyclic) bond motifs is 5. The summed E-state index contributed by atoms with van der Waals surface area (Å²) in [4.78, 5) is 0. The number of phenolic OH excluding ortho intramolecular Hbond substituents is 1. The Bertz CT molecular complexity index is 1190. The zero-order valence-electron chi connectivity index (χ0n) is 24.9. The van der Waals surface area contributed by atoms with E-state index in [1.54, 1.807) is 6.07 Å². The molecule has 1 aromatic rings. The van der Waals surface area contributed by atoms with Crippen molar-refractivity contribution in [2.45, 2.75) is 127 Å².